The largest absolute Gasteiger partial charge is 0.493 e. The highest BCUT2D eigenvalue weighted by Crippen LogP contribution is 2.29. The Morgan fingerprint density at radius 1 is 0.917 bits per heavy atom. The van der Waals surface area contributed by atoms with E-state index in [0.717, 1.165) is 11.1 Å². The van der Waals surface area contributed by atoms with Crippen LogP contribution >= 0.6 is 0 Å². The predicted octanol–water partition coefficient (Wildman–Crippen LogP) is 4.71. The normalized spacial score (nSPS) is 10.6. The van der Waals surface area contributed by atoms with Gasteiger partial charge >= 0.3 is 5.97 Å². The van der Waals surface area contributed by atoms with E-state index in [2.05, 4.69) is 41.8 Å². The number of hydrogen-bond acceptors (Lipinski definition) is 5. The van der Waals surface area contributed by atoms with Crippen LogP contribution in [0.15, 0.2) is 66.7 Å². The first kappa shape index (κ1) is 26.8. The second kappa shape index (κ2) is 13.9. The van der Waals surface area contributed by atoms with Gasteiger partial charge in [0.25, 0.3) is 0 Å². The number of benzene rings is 3. The van der Waals surface area contributed by atoms with Gasteiger partial charge in [0.15, 0.2) is 0 Å². The summed E-state index contributed by atoms with van der Waals surface area (Å²) in [6, 6.07) is 22.2. The van der Waals surface area contributed by atoms with Crippen LogP contribution in [0.4, 0.5) is 0 Å². The molecule has 190 valence electrons. The molecule has 0 heterocycles. The summed E-state index contributed by atoms with van der Waals surface area (Å²) in [5.74, 6) is 0.420. The standard InChI is InChI=1S/C29H34N2O5/c1-21-25(10-6-11-27(21)23-8-4-3-5-9-23)20-36-26-14-13-24(19-30-15-16-31-22(2)32)28(18-26)35-17-7-12-29(33)34/h3-6,8-11,13-14,18,30H,7,12,15-17,19-20H2,1-2H3,(H,31,32)(H,33,34). The molecule has 3 N–H and O–H groups in total. The number of carbonyl (C=O) groups excluding carboxylic acids is 1. The van der Waals surface area contributed by atoms with Crippen molar-refractivity contribution in [2.75, 3.05) is 19.7 Å². The molecule has 0 fully saturated rings. The van der Waals surface area contributed by atoms with Gasteiger partial charge in [-0.15, -0.1) is 0 Å². The van der Waals surface area contributed by atoms with Crippen LogP contribution in [0.2, 0.25) is 0 Å². The second-order valence-electron chi connectivity index (χ2n) is 8.52. The first-order chi connectivity index (χ1) is 17.4. The molecule has 0 spiro atoms. The molecule has 36 heavy (non-hydrogen) atoms. The lowest BCUT2D eigenvalue weighted by molar-refractivity contribution is -0.137. The van der Waals surface area contributed by atoms with Crippen LogP contribution in [0, 0.1) is 6.92 Å². The van der Waals surface area contributed by atoms with Gasteiger partial charge in [-0.25, -0.2) is 0 Å². The van der Waals surface area contributed by atoms with Gasteiger partial charge in [0, 0.05) is 44.6 Å². The molecule has 0 unspecified atom stereocenters. The fraction of sp³-hybridized carbons (Fsp3) is 0.310. The number of hydrogen-bond donors (Lipinski definition) is 3. The maximum atomic E-state index is 11.0. The molecule has 0 aliphatic carbocycles. The van der Waals surface area contributed by atoms with E-state index in [-0.39, 0.29) is 12.3 Å². The fourth-order valence-corrected chi connectivity index (χ4v) is 3.79. The molecule has 7 nitrogen and oxygen atoms in total. The van der Waals surface area contributed by atoms with Crippen molar-refractivity contribution >= 4 is 11.9 Å². The highest BCUT2D eigenvalue weighted by Gasteiger charge is 2.10. The Hall–Kier alpha value is -3.84. The maximum Gasteiger partial charge on any atom is 0.303 e. The predicted molar refractivity (Wildman–Crippen MR) is 140 cm³/mol. The van der Waals surface area contributed by atoms with E-state index in [9.17, 15) is 9.59 Å². The second-order valence-corrected chi connectivity index (χ2v) is 8.52. The molecule has 0 radical (unpaired) electrons. The van der Waals surface area contributed by atoms with Crippen LogP contribution in [0.5, 0.6) is 11.5 Å². The van der Waals surface area contributed by atoms with Gasteiger partial charge in [-0.05, 0) is 41.7 Å². The summed E-state index contributed by atoms with van der Waals surface area (Å²) in [7, 11) is 0. The molecule has 0 aromatic heterocycles. The molecule has 0 atom stereocenters. The van der Waals surface area contributed by atoms with Crippen molar-refractivity contribution in [2.45, 2.75) is 39.8 Å². The Morgan fingerprint density at radius 2 is 1.72 bits per heavy atom. The van der Waals surface area contributed by atoms with E-state index in [0.29, 0.717) is 50.8 Å². The van der Waals surface area contributed by atoms with Crippen molar-refractivity contribution in [3.63, 3.8) is 0 Å². The molecule has 1 amide bonds. The zero-order chi connectivity index (χ0) is 25.8. The molecule has 0 saturated heterocycles. The lowest BCUT2D eigenvalue weighted by Crippen LogP contribution is -2.30. The molecular formula is C29H34N2O5. The summed E-state index contributed by atoms with van der Waals surface area (Å²) in [6.07, 6.45) is 0.471. The van der Waals surface area contributed by atoms with Gasteiger partial charge in [0.2, 0.25) is 5.91 Å². The summed E-state index contributed by atoms with van der Waals surface area (Å²) >= 11 is 0. The number of carboxylic acid groups (broad SMARTS) is 1. The molecule has 0 aliphatic heterocycles. The number of amides is 1. The minimum Gasteiger partial charge on any atom is -0.493 e. The van der Waals surface area contributed by atoms with Crippen molar-refractivity contribution in [3.8, 4) is 22.6 Å². The average molecular weight is 491 g/mol. The van der Waals surface area contributed by atoms with E-state index in [1.165, 1.54) is 23.6 Å². The van der Waals surface area contributed by atoms with Crippen molar-refractivity contribution in [3.05, 3.63) is 83.4 Å². The monoisotopic (exact) mass is 490 g/mol. The quantitative estimate of drug-likeness (QED) is 0.283. The molecule has 3 aromatic rings. The Morgan fingerprint density at radius 3 is 2.47 bits per heavy atom. The average Bonchev–Trinajstić information content (AvgIpc) is 2.87. The van der Waals surface area contributed by atoms with E-state index in [1.54, 1.807) is 0 Å². The summed E-state index contributed by atoms with van der Waals surface area (Å²) in [6.45, 7) is 6.01. The molecule has 3 aromatic carbocycles. The molecule has 3 rings (SSSR count). The van der Waals surface area contributed by atoms with Crippen LogP contribution in [0.3, 0.4) is 0 Å². The number of rotatable bonds is 14. The Labute approximate surface area is 212 Å². The van der Waals surface area contributed by atoms with Crippen LogP contribution in [-0.4, -0.2) is 36.7 Å². The highest BCUT2D eigenvalue weighted by atomic mass is 16.5. The van der Waals surface area contributed by atoms with Crippen molar-refractivity contribution in [1.29, 1.82) is 0 Å². The van der Waals surface area contributed by atoms with Gasteiger partial charge < -0.3 is 25.2 Å². The van der Waals surface area contributed by atoms with Gasteiger partial charge in [-0.1, -0.05) is 54.6 Å². The Kier molecular flexibility index (Phi) is 10.3. The Balaban J connectivity index is 1.67. The van der Waals surface area contributed by atoms with Gasteiger partial charge in [-0.2, -0.15) is 0 Å². The summed E-state index contributed by atoms with van der Waals surface area (Å²) < 4.78 is 12.1. The third-order valence-corrected chi connectivity index (χ3v) is 5.75. The third kappa shape index (κ3) is 8.43. The molecular weight excluding hydrogens is 456 g/mol. The minimum atomic E-state index is -0.844. The zero-order valence-corrected chi connectivity index (χ0v) is 20.9. The van der Waals surface area contributed by atoms with Crippen molar-refractivity contribution in [1.82, 2.24) is 10.6 Å². The SMILES string of the molecule is CC(=O)NCCNCc1ccc(OCc2cccc(-c3ccccc3)c2C)cc1OCCCC(=O)O. The third-order valence-electron chi connectivity index (χ3n) is 5.75. The first-order valence-electron chi connectivity index (χ1n) is 12.1. The van der Waals surface area contributed by atoms with E-state index >= 15 is 0 Å². The van der Waals surface area contributed by atoms with Crippen molar-refractivity contribution in [2.24, 2.45) is 0 Å². The maximum absolute atomic E-state index is 11.0. The number of nitrogens with one attached hydrogen (secondary N) is 2. The molecule has 0 aliphatic rings. The number of aliphatic carboxylic acids is 1. The van der Waals surface area contributed by atoms with Crippen LogP contribution in [0.25, 0.3) is 11.1 Å². The lowest BCUT2D eigenvalue weighted by Gasteiger charge is -2.16. The smallest absolute Gasteiger partial charge is 0.303 e. The van der Waals surface area contributed by atoms with Crippen molar-refractivity contribution < 1.29 is 24.2 Å². The summed E-state index contributed by atoms with van der Waals surface area (Å²) in [5.41, 5.74) is 5.56. The number of carbonyl (C=O) groups is 2. The van der Waals surface area contributed by atoms with E-state index < -0.39 is 5.97 Å². The number of ether oxygens (including phenoxy) is 2. The van der Waals surface area contributed by atoms with Gasteiger partial charge in [0.05, 0.1) is 6.61 Å². The number of carboxylic acids is 1. The van der Waals surface area contributed by atoms with Crippen LogP contribution in [0.1, 0.15) is 36.5 Å². The van der Waals surface area contributed by atoms with Crippen LogP contribution in [-0.2, 0) is 22.7 Å². The Bertz CT molecular complexity index is 1150. The van der Waals surface area contributed by atoms with Gasteiger partial charge in [-0.3, -0.25) is 9.59 Å². The summed E-state index contributed by atoms with van der Waals surface area (Å²) in [4.78, 5) is 21.9. The first-order valence-corrected chi connectivity index (χ1v) is 12.1. The lowest BCUT2D eigenvalue weighted by atomic mass is 9.97. The van der Waals surface area contributed by atoms with Crippen LogP contribution < -0.4 is 20.1 Å². The fourth-order valence-electron chi connectivity index (χ4n) is 3.79. The summed E-state index contributed by atoms with van der Waals surface area (Å²) in [5, 5.41) is 14.9. The molecule has 0 bridgehead atoms. The van der Waals surface area contributed by atoms with Gasteiger partial charge in [0.1, 0.15) is 18.1 Å². The minimum absolute atomic E-state index is 0.0531. The topological polar surface area (TPSA) is 96.9 Å². The zero-order valence-electron chi connectivity index (χ0n) is 20.9. The molecule has 0 saturated carbocycles. The highest BCUT2D eigenvalue weighted by molar-refractivity contribution is 5.72. The molecule has 7 heteroatoms. The van der Waals surface area contributed by atoms with E-state index in [1.807, 2.05) is 42.5 Å². The van der Waals surface area contributed by atoms with E-state index in [4.69, 9.17) is 14.6 Å².